The van der Waals surface area contributed by atoms with Crippen molar-refractivity contribution in [2.24, 2.45) is 0 Å². The largest absolute Gasteiger partial charge is 0.444 e. The molecule has 1 saturated heterocycles. The summed E-state index contributed by atoms with van der Waals surface area (Å²) in [7, 11) is 0. The molecule has 3 aromatic heterocycles. The summed E-state index contributed by atoms with van der Waals surface area (Å²) in [4.78, 5) is 29.6. The predicted molar refractivity (Wildman–Crippen MR) is 138 cm³/mol. The maximum atomic E-state index is 13.1. The normalized spacial score (nSPS) is 16.1. The highest BCUT2D eigenvalue weighted by Crippen LogP contribution is 2.27. The molecule has 37 heavy (non-hydrogen) atoms. The van der Waals surface area contributed by atoms with E-state index in [-0.39, 0.29) is 18.7 Å². The number of benzene rings is 1. The third kappa shape index (κ3) is 5.75. The number of alkyl carbamates (subject to hydrolysis) is 1. The van der Waals surface area contributed by atoms with E-state index in [4.69, 9.17) is 9.47 Å². The SMILES string of the molecule is CC(C)(C)OC(=O)NCc1ccc2nc(CNC(=O)c3cccc4c3cnn4C3CCCCO3)cn2c1. The molecule has 0 saturated carbocycles. The number of nitrogens with one attached hydrogen (secondary N) is 2. The molecule has 0 radical (unpaired) electrons. The van der Waals surface area contributed by atoms with Crippen LogP contribution in [0.2, 0.25) is 0 Å². The second-order valence-corrected chi connectivity index (χ2v) is 10.2. The molecule has 0 bridgehead atoms. The molecule has 4 heterocycles. The number of carbonyl (C=O) groups is 2. The van der Waals surface area contributed by atoms with Crippen molar-refractivity contribution in [3.05, 3.63) is 65.7 Å². The van der Waals surface area contributed by atoms with Crippen LogP contribution in [0, 0.1) is 0 Å². The summed E-state index contributed by atoms with van der Waals surface area (Å²) < 4.78 is 14.9. The Balaban J connectivity index is 1.24. The first-order valence-electron chi connectivity index (χ1n) is 12.6. The number of amides is 2. The van der Waals surface area contributed by atoms with Gasteiger partial charge >= 0.3 is 6.09 Å². The van der Waals surface area contributed by atoms with Crippen LogP contribution in [-0.2, 0) is 22.6 Å². The first kappa shape index (κ1) is 24.8. The van der Waals surface area contributed by atoms with Crippen LogP contribution in [0.5, 0.6) is 0 Å². The Labute approximate surface area is 215 Å². The average molecular weight is 505 g/mol. The number of pyridine rings is 1. The van der Waals surface area contributed by atoms with E-state index in [2.05, 4.69) is 20.7 Å². The van der Waals surface area contributed by atoms with Crippen LogP contribution in [0.1, 0.15) is 67.9 Å². The number of imidazole rings is 1. The van der Waals surface area contributed by atoms with Crippen molar-refractivity contribution in [3.63, 3.8) is 0 Å². The zero-order valence-corrected chi connectivity index (χ0v) is 21.4. The smallest absolute Gasteiger partial charge is 0.407 e. The number of rotatable bonds is 6. The lowest BCUT2D eigenvalue weighted by molar-refractivity contribution is -0.0366. The van der Waals surface area contributed by atoms with Gasteiger partial charge in [0.2, 0.25) is 0 Å². The monoisotopic (exact) mass is 504 g/mol. The van der Waals surface area contributed by atoms with E-state index in [1.54, 1.807) is 12.3 Å². The summed E-state index contributed by atoms with van der Waals surface area (Å²) in [5.41, 5.74) is 3.29. The number of fused-ring (bicyclic) bond motifs is 2. The molecule has 5 rings (SSSR count). The van der Waals surface area contributed by atoms with Crippen LogP contribution in [-0.4, -0.2) is 43.4 Å². The number of carbonyl (C=O) groups excluding carboxylic acids is 2. The molecular formula is C27H32N6O4. The van der Waals surface area contributed by atoms with E-state index in [0.29, 0.717) is 12.1 Å². The Morgan fingerprint density at radius 3 is 2.76 bits per heavy atom. The third-order valence-corrected chi connectivity index (χ3v) is 6.14. The van der Waals surface area contributed by atoms with Crippen LogP contribution in [0.25, 0.3) is 16.6 Å². The maximum absolute atomic E-state index is 13.1. The molecule has 1 fully saturated rings. The van der Waals surface area contributed by atoms with Gasteiger partial charge in [0.1, 0.15) is 11.2 Å². The number of hydrogen-bond donors (Lipinski definition) is 2. The maximum Gasteiger partial charge on any atom is 0.407 e. The lowest BCUT2D eigenvalue weighted by Gasteiger charge is -2.23. The van der Waals surface area contributed by atoms with Gasteiger partial charge in [-0.3, -0.25) is 4.79 Å². The van der Waals surface area contributed by atoms with Gasteiger partial charge < -0.3 is 24.5 Å². The highest BCUT2D eigenvalue weighted by Gasteiger charge is 2.21. The number of hydrogen-bond acceptors (Lipinski definition) is 6. The van der Waals surface area contributed by atoms with Crippen molar-refractivity contribution in [1.82, 2.24) is 29.8 Å². The quantitative estimate of drug-likeness (QED) is 0.404. The summed E-state index contributed by atoms with van der Waals surface area (Å²) in [6, 6.07) is 9.42. The van der Waals surface area contributed by atoms with Crippen molar-refractivity contribution in [1.29, 1.82) is 0 Å². The summed E-state index contributed by atoms with van der Waals surface area (Å²) in [6.07, 6.45) is 8.03. The fourth-order valence-corrected chi connectivity index (χ4v) is 4.45. The van der Waals surface area contributed by atoms with Crippen LogP contribution >= 0.6 is 0 Å². The Morgan fingerprint density at radius 1 is 1.11 bits per heavy atom. The molecule has 1 aromatic carbocycles. The number of nitrogens with zero attached hydrogens (tertiary/aromatic N) is 4. The molecule has 194 valence electrons. The number of ether oxygens (including phenoxy) is 2. The van der Waals surface area contributed by atoms with Crippen LogP contribution in [0.4, 0.5) is 4.79 Å². The molecule has 2 amide bonds. The number of aromatic nitrogens is 4. The zero-order chi connectivity index (χ0) is 26.0. The van der Waals surface area contributed by atoms with E-state index in [1.807, 2.05) is 66.5 Å². The molecule has 4 aromatic rings. The Kier molecular flexibility index (Phi) is 6.84. The van der Waals surface area contributed by atoms with Crippen LogP contribution < -0.4 is 10.6 Å². The molecule has 1 atom stereocenters. The van der Waals surface area contributed by atoms with E-state index < -0.39 is 11.7 Å². The van der Waals surface area contributed by atoms with E-state index in [1.165, 1.54) is 0 Å². The first-order chi connectivity index (χ1) is 17.8. The summed E-state index contributed by atoms with van der Waals surface area (Å²) in [5, 5.41) is 11.1. The van der Waals surface area contributed by atoms with Crippen molar-refractivity contribution in [2.45, 2.75) is 65.0 Å². The van der Waals surface area contributed by atoms with E-state index in [9.17, 15) is 9.59 Å². The summed E-state index contributed by atoms with van der Waals surface area (Å²) in [6.45, 7) is 6.81. The summed E-state index contributed by atoms with van der Waals surface area (Å²) >= 11 is 0. The highest BCUT2D eigenvalue weighted by molar-refractivity contribution is 6.06. The minimum absolute atomic E-state index is 0.0910. The third-order valence-electron chi connectivity index (χ3n) is 6.14. The fraction of sp³-hybridized carbons (Fsp3) is 0.407. The second kappa shape index (κ2) is 10.2. The molecule has 0 spiro atoms. The van der Waals surface area contributed by atoms with Gasteiger partial charge in [0.15, 0.2) is 6.23 Å². The van der Waals surface area contributed by atoms with E-state index in [0.717, 1.165) is 53.7 Å². The minimum atomic E-state index is -0.548. The van der Waals surface area contributed by atoms with Gasteiger partial charge in [0.25, 0.3) is 5.91 Å². The van der Waals surface area contributed by atoms with Crippen LogP contribution in [0.15, 0.2) is 48.9 Å². The molecule has 2 N–H and O–H groups in total. The predicted octanol–water partition coefficient (Wildman–Crippen LogP) is 4.34. The van der Waals surface area contributed by atoms with Gasteiger partial charge in [0.05, 0.1) is 29.5 Å². The van der Waals surface area contributed by atoms with Gasteiger partial charge in [-0.2, -0.15) is 5.10 Å². The molecule has 1 unspecified atom stereocenters. The standard InChI is InChI=1S/C27H32N6O4/c1-27(2,3)37-26(35)29-13-18-10-11-23-31-19(17-32(23)16-18)14-28-25(34)20-7-6-8-22-21(20)15-30-33(22)24-9-4-5-12-36-24/h6-8,10-11,15-17,24H,4-5,9,12-14H2,1-3H3,(H,28,34)(H,29,35). The molecule has 10 heteroatoms. The van der Waals surface area contributed by atoms with Gasteiger partial charge in [-0.1, -0.05) is 12.1 Å². The van der Waals surface area contributed by atoms with Crippen molar-refractivity contribution >= 4 is 28.6 Å². The van der Waals surface area contributed by atoms with Crippen molar-refractivity contribution in [2.75, 3.05) is 6.61 Å². The molecule has 1 aliphatic heterocycles. The van der Waals surface area contributed by atoms with Crippen molar-refractivity contribution < 1.29 is 19.1 Å². The van der Waals surface area contributed by atoms with Gasteiger partial charge in [-0.25, -0.2) is 14.5 Å². The topological polar surface area (TPSA) is 112 Å². The summed E-state index contributed by atoms with van der Waals surface area (Å²) in [5.74, 6) is -0.186. The second-order valence-electron chi connectivity index (χ2n) is 10.2. The average Bonchev–Trinajstić information content (AvgIpc) is 3.49. The van der Waals surface area contributed by atoms with Crippen LogP contribution in [0.3, 0.4) is 0 Å². The van der Waals surface area contributed by atoms with Crippen molar-refractivity contribution in [3.8, 4) is 0 Å². The Morgan fingerprint density at radius 2 is 1.97 bits per heavy atom. The van der Waals surface area contributed by atoms with E-state index >= 15 is 0 Å². The highest BCUT2D eigenvalue weighted by atomic mass is 16.6. The zero-order valence-electron chi connectivity index (χ0n) is 21.4. The Hall–Kier alpha value is -3.92. The molecule has 10 nitrogen and oxygen atoms in total. The molecule has 0 aliphatic carbocycles. The first-order valence-corrected chi connectivity index (χ1v) is 12.6. The Bertz CT molecular complexity index is 1430. The molecule has 1 aliphatic rings. The minimum Gasteiger partial charge on any atom is -0.444 e. The lowest BCUT2D eigenvalue weighted by atomic mass is 10.1. The molecular weight excluding hydrogens is 472 g/mol. The fourth-order valence-electron chi connectivity index (χ4n) is 4.45. The van der Waals surface area contributed by atoms with Gasteiger partial charge in [0, 0.05) is 30.9 Å². The lowest BCUT2D eigenvalue weighted by Crippen LogP contribution is -2.32. The van der Waals surface area contributed by atoms with Gasteiger partial charge in [-0.05, 0) is 63.8 Å². The van der Waals surface area contributed by atoms with Gasteiger partial charge in [-0.15, -0.1) is 0 Å².